The smallest absolute Gasteiger partial charge is 0.239 e. The van der Waals surface area contributed by atoms with E-state index in [1.807, 2.05) is 6.07 Å². The highest BCUT2D eigenvalue weighted by atomic mass is 16.5. The minimum Gasteiger partial charge on any atom is -0.385 e. The van der Waals surface area contributed by atoms with Gasteiger partial charge in [0.25, 0.3) is 0 Å². The Morgan fingerprint density at radius 2 is 2.00 bits per heavy atom. The topological polar surface area (TPSA) is 88.6 Å². The molecule has 0 heterocycles. The zero-order chi connectivity index (χ0) is 13.1. The average Bonchev–Trinajstić information content (AvgIpc) is 2.35. The molecule has 0 aromatic carbocycles. The average molecular weight is 243 g/mol. The van der Waals surface area contributed by atoms with E-state index >= 15 is 0 Å². The van der Waals surface area contributed by atoms with E-state index in [-0.39, 0.29) is 5.91 Å². The lowest BCUT2D eigenvalue weighted by atomic mass is 10.2. The van der Waals surface area contributed by atoms with E-state index < -0.39 is 6.04 Å². The summed E-state index contributed by atoms with van der Waals surface area (Å²) in [5.41, 5.74) is 5.75. The van der Waals surface area contributed by atoms with Crippen molar-refractivity contribution in [2.45, 2.75) is 18.9 Å². The van der Waals surface area contributed by atoms with Crippen molar-refractivity contribution in [2.75, 3.05) is 40.5 Å². The molecule has 98 valence electrons. The highest BCUT2D eigenvalue weighted by Crippen LogP contribution is 1.99. The van der Waals surface area contributed by atoms with Gasteiger partial charge in [-0.25, -0.2) is 0 Å². The van der Waals surface area contributed by atoms with Gasteiger partial charge in [0.2, 0.25) is 5.91 Å². The van der Waals surface area contributed by atoms with Gasteiger partial charge in [0, 0.05) is 33.9 Å². The van der Waals surface area contributed by atoms with Crippen molar-refractivity contribution in [1.29, 1.82) is 5.26 Å². The van der Waals surface area contributed by atoms with Gasteiger partial charge in [-0.15, -0.1) is 0 Å². The maximum atomic E-state index is 11.9. The van der Waals surface area contributed by atoms with Crippen LogP contribution in [0.25, 0.3) is 0 Å². The number of carbonyl (C=O) groups is 1. The van der Waals surface area contributed by atoms with E-state index in [2.05, 4.69) is 0 Å². The van der Waals surface area contributed by atoms with Gasteiger partial charge in [0.1, 0.15) is 0 Å². The van der Waals surface area contributed by atoms with Gasteiger partial charge >= 0.3 is 0 Å². The molecular weight excluding hydrogens is 222 g/mol. The number of ether oxygens (including phenoxy) is 2. The van der Waals surface area contributed by atoms with Gasteiger partial charge in [-0.3, -0.25) is 4.79 Å². The number of hydrogen-bond acceptors (Lipinski definition) is 5. The third-order valence-corrected chi connectivity index (χ3v) is 2.32. The van der Waals surface area contributed by atoms with Crippen LogP contribution in [0.1, 0.15) is 12.8 Å². The molecule has 0 aromatic heterocycles. The van der Waals surface area contributed by atoms with Crippen molar-refractivity contribution in [2.24, 2.45) is 5.73 Å². The second-order valence-electron chi connectivity index (χ2n) is 3.61. The number of methoxy groups -OCH3 is 2. The lowest BCUT2D eigenvalue weighted by Gasteiger charge is -2.24. The molecule has 0 saturated carbocycles. The molecule has 0 aliphatic rings. The SMILES string of the molecule is COCCC(N)C(=O)N(CCC#N)CCOC. The molecule has 0 spiro atoms. The molecule has 6 nitrogen and oxygen atoms in total. The third kappa shape index (κ3) is 6.89. The van der Waals surface area contributed by atoms with Gasteiger partial charge in [0.05, 0.1) is 25.1 Å². The van der Waals surface area contributed by atoms with Crippen LogP contribution >= 0.6 is 0 Å². The zero-order valence-electron chi connectivity index (χ0n) is 10.5. The number of amides is 1. The number of nitrogens with zero attached hydrogens (tertiary/aromatic N) is 2. The van der Waals surface area contributed by atoms with E-state index in [1.54, 1.807) is 19.1 Å². The minimum absolute atomic E-state index is 0.158. The molecule has 0 aliphatic carbocycles. The Morgan fingerprint density at radius 3 is 2.53 bits per heavy atom. The van der Waals surface area contributed by atoms with Crippen molar-refractivity contribution in [3.63, 3.8) is 0 Å². The fourth-order valence-corrected chi connectivity index (χ4v) is 1.32. The summed E-state index contributed by atoms with van der Waals surface area (Å²) < 4.78 is 9.80. The Bertz CT molecular complexity index is 253. The molecule has 0 rings (SSSR count). The molecule has 1 amide bonds. The summed E-state index contributed by atoms with van der Waals surface area (Å²) in [6, 6.07) is 1.43. The predicted molar refractivity (Wildman–Crippen MR) is 63.2 cm³/mol. The van der Waals surface area contributed by atoms with Crippen LogP contribution in [0.5, 0.6) is 0 Å². The maximum Gasteiger partial charge on any atom is 0.239 e. The molecule has 0 aromatic rings. The van der Waals surface area contributed by atoms with Crippen molar-refractivity contribution >= 4 is 5.91 Å². The Hall–Kier alpha value is -1.16. The van der Waals surface area contributed by atoms with Crippen molar-refractivity contribution in [3.8, 4) is 6.07 Å². The summed E-state index contributed by atoms with van der Waals surface area (Å²) >= 11 is 0. The summed E-state index contributed by atoms with van der Waals surface area (Å²) in [5.74, 6) is -0.158. The van der Waals surface area contributed by atoms with Crippen LogP contribution in [-0.2, 0) is 14.3 Å². The second-order valence-corrected chi connectivity index (χ2v) is 3.61. The number of nitrogens with two attached hydrogens (primary N) is 1. The molecule has 1 atom stereocenters. The van der Waals surface area contributed by atoms with Gasteiger partial charge < -0.3 is 20.1 Å². The van der Waals surface area contributed by atoms with Gasteiger partial charge in [0.15, 0.2) is 0 Å². The first-order valence-electron chi connectivity index (χ1n) is 5.56. The molecule has 0 radical (unpaired) electrons. The normalized spacial score (nSPS) is 11.9. The number of nitriles is 1. The lowest BCUT2D eigenvalue weighted by Crippen LogP contribution is -2.45. The number of hydrogen-bond donors (Lipinski definition) is 1. The van der Waals surface area contributed by atoms with E-state index in [9.17, 15) is 4.79 Å². The third-order valence-electron chi connectivity index (χ3n) is 2.32. The molecule has 0 saturated heterocycles. The first-order valence-corrected chi connectivity index (χ1v) is 5.56. The van der Waals surface area contributed by atoms with E-state index in [1.165, 1.54) is 0 Å². The Balaban J connectivity index is 4.23. The molecule has 1 unspecified atom stereocenters. The molecule has 0 aliphatic heterocycles. The van der Waals surface area contributed by atoms with Crippen LogP contribution in [-0.4, -0.2) is 57.4 Å². The van der Waals surface area contributed by atoms with Gasteiger partial charge in [-0.2, -0.15) is 5.26 Å². The highest BCUT2D eigenvalue weighted by Gasteiger charge is 2.20. The first kappa shape index (κ1) is 15.8. The predicted octanol–water partition coefficient (Wildman–Crippen LogP) is -0.261. The number of rotatable bonds is 9. The fraction of sp³-hybridized carbons (Fsp3) is 0.818. The minimum atomic E-state index is -0.578. The van der Waals surface area contributed by atoms with E-state index in [0.717, 1.165) is 0 Å². The standard InChI is InChI=1S/C11H21N3O3/c1-16-8-4-10(13)11(15)14(6-3-5-12)7-9-17-2/h10H,3-4,6-9,13H2,1-2H3. The van der Waals surface area contributed by atoms with Crippen LogP contribution in [0.4, 0.5) is 0 Å². The second kappa shape index (κ2) is 10.0. The maximum absolute atomic E-state index is 11.9. The lowest BCUT2D eigenvalue weighted by molar-refractivity contribution is -0.133. The van der Waals surface area contributed by atoms with E-state index in [0.29, 0.717) is 39.1 Å². The number of carbonyl (C=O) groups excluding carboxylic acids is 1. The molecular formula is C11H21N3O3. The van der Waals surface area contributed by atoms with Crippen LogP contribution in [0.2, 0.25) is 0 Å². The quantitative estimate of drug-likeness (QED) is 0.602. The van der Waals surface area contributed by atoms with Gasteiger partial charge in [-0.05, 0) is 6.42 Å². The largest absolute Gasteiger partial charge is 0.385 e. The van der Waals surface area contributed by atoms with Crippen LogP contribution < -0.4 is 5.73 Å². The molecule has 2 N–H and O–H groups in total. The fourth-order valence-electron chi connectivity index (χ4n) is 1.32. The summed E-state index contributed by atoms with van der Waals surface area (Å²) in [6.07, 6.45) is 0.776. The Morgan fingerprint density at radius 1 is 1.35 bits per heavy atom. The zero-order valence-corrected chi connectivity index (χ0v) is 10.5. The van der Waals surface area contributed by atoms with Crippen molar-refractivity contribution in [3.05, 3.63) is 0 Å². The van der Waals surface area contributed by atoms with Crippen molar-refractivity contribution < 1.29 is 14.3 Å². The van der Waals surface area contributed by atoms with Crippen LogP contribution in [0, 0.1) is 11.3 Å². The van der Waals surface area contributed by atoms with E-state index in [4.69, 9.17) is 20.5 Å². The van der Waals surface area contributed by atoms with Crippen molar-refractivity contribution in [1.82, 2.24) is 4.90 Å². The summed E-state index contributed by atoms with van der Waals surface area (Å²) in [6.45, 7) is 1.73. The molecule has 6 heteroatoms. The Labute approximate surface area is 102 Å². The molecule has 0 fully saturated rings. The van der Waals surface area contributed by atoms with Crippen LogP contribution in [0.3, 0.4) is 0 Å². The Kier molecular flexibility index (Phi) is 9.34. The highest BCUT2D eigenvalue weighted by molar-refractivity contribution is 5.81. The summed E-state index contributed by atoms with van der Waals surface area (Å²) in [7, 11) is 3.13. The van der Waals surface area contributed by atoms with Crippen LogP contribution in [0.15, 0.2) is 0 Å². The monoisotopic (exact) mass is 243 g/mol. The molecule has 0 bridgehead atoms. The van der Waals surface area contributed by atoms with Gasteiger partial charge in [-0.1, -0.05) is 0 Å². The first-order chi connectivity index (χ1) is 8.17. The summed E-state index contributed by atoms with van der Waals surface area (Å²) in [5, 5.41) is 8.53. The molecule has 17 heavy (non-hydrogen) atoms. The summed E-state index contributed by atoms with van der Waals surface area (Å²) in [4.78, 5) is 13.5.